The second-order valence-electron chi connectivity index (χ2n) is 4.69. The second-order valence-corrected chi connectivity index (χ2v) is 4.69. The maximum absolute atomic E-state index is 11.8. The number of hydrogen-bond acceptors (Lipinski definition) is 4. The molecule has 5 heteroatoms. The van der Waals surface area contributed by atoms with Gasteiger partial charge in [-0.25, -0.2) is 5.43 Å². The third-order valence-corrected chi connectivity index (χ3v) is 3.15. The lowest BCUT2D eigenvalue weighted by atomic mass is 10.1. The molecule has 22 heavy (non-hydrogen) atoms. The van der Waals surface area contributed by atoms with Crippen molar-refractivity contribution in [3.63, 3.8) is 0 Å². The molecule has 0 unspecified atom stereocenters. The van der Waals surface area contributed by atoms with Crippen LogP contribution in [0.4, 0.5) is 5.69 Å². The molecule has 0 spiro atoms. The molecule has 0 aliphatic heterocycles. The Bertz CT molecular complexity index is 789. The van der Waals surface area contributed by atoms with Crippen molar-refractivity contribution >= 4 is 28.6 Å². The van der Waals surface area contributed by atoms with E-state index in [4.69, 9.17) is 4.42 Å². The van der Waals surface area contributed by atoms with Crippen LogP contribution in [-0.4, -0.2) is 18.7 Å². The highest BCUT2D eigenvalue weighted by atomic mass is 16.3. The Kier molecular flexibility index (Phi) is 4.15. The first-order valence-electron chi connectivity index (χ1n) is 6.90. The van der Waals surface area contributed by atoms with Crippen LogP contribution in [0.1, 0.15) is 5.76 Å². The maximum atomic E-state index is 11.8. The molecular weight excluding hydrogens is 278 g/mol. The smallest absolute Gasteiger partial charge is 0.259 e. The highest BCUT2D eigenvalue weighted by Crippen LogP contribution is 2.22. The number of furan rings is 1. The first kappa shape index (κ1) is 13.9. The molecule has 1 amide bonds. The van der Waals surface area contributed by atoms with E-state index in [1.165, 1.54) is 6.21 Å². The predicted octanol–water partition coefficient (Wildman–Crippen LogP) is 3.00. The molecule has 1 heterocycles. The molecule has 0 aliphatic carbocycles. The summed E-state index contributed by atoms with van der Waals surface area (Å²) in [6.07, 6.45) is 3.00. The topological polar surface area (TPSA) is 66.6 Å². The number of rotatable bonds is 5. The van der Waals surface area contributed by atoms with Gasteiger partial charge in [0, 0.05) is 11.1 Å². The average Bonchev–Trinajstić information content (AvgIpc) is 3.06. The van der Waals surface area contributed by atoms with Crippen LogP contribution in [-0.2, 0) is 4.79 Å². The molecule has 0 aliphatic rings. The molecule has 0 atom stereocenters. The summed E-state index contributed by atoms with van der Waals surface area (Å²) in [5, 5.41) is 9.16. The van der Waals surface area contributed by atoms with Gasteiger partial charge in [-0.1, -0.05) is 36.4 Å². The van der Waals surface area contributed by atoms with Crippen molar-refractivity contribution in [3.05, 3.63) is 66.6 Å². The van der Waals surface area contributed by atoms with Gasteiger partial charge in [-0.3, -0.25) is 4.79 Å². The Hall–Kier alpha value is -3.08. The Morgan fingerprint density at radius 2 is 1.95 bits per heavy atom. The van der Waals surface area contributed by atoms with E-state index in [0.717, 1.165) is 16.5 Å². The van der Waals surface area contributed by atoms with Crippen LogP contribution in [0.3, 0.4) is 0 Å². The van der Waals surface area contributed by atoms with E-state index >= 15 is 0 Å². The van der Waals surface area contributed by atoms with Crippen molar-refractivity contribution in [3.8, 4) is 0 Å². The Labute approximate surface area is 127 Å². The molecule has 0 saturated heterocycles. The van der Waals surface area contributed by atoms with Gasteiger partial charge in [0.2, 0.25) is 0 Å². The van der Waals surface area contributed by atoms with Crippen molar-refractivity contribution in [2.75, 3.05) is 11.9 Å². The SMILES string of the molecule is O=C(CNc1cccc2ccccc12)N/N=C\c1ccco1. The quantitative estimate of drug-likeness (QED) is 0.561. The van der Waals surface area contributed by atoms with Crippen LogP contribution in [0.15, 0.2) is 70.4 Å². The first-order valence-corrected chi connectivity index (χ1v) is 6.90. The Morgan fingerprint density at radius 1 is 1.09 bits per heavy atom. The van der Waals surface area contributed by atoms with Crippen molar-refractivity contribution in [1.82, 2.24) is 5.43 Å². The van der Waals surface area contributed by atoms with Gasteiger partial charge in [-0.15, -0.1) is 0 Å². The van der Waals surface area contributed by atoms with E-state index in [9.17, 15) is 4.79 Å². The summed E-state index contributed by atoms with van der Waals surface area (Å²) in [6.45, 7) is 0.142. The minimum atomic E-state index is -0.226. The van der Waals surface area contributed by atoms with E-state index in [1.54, 1.807) is 18.4 Å². The number of benzene rings is 2. The summed E-state index contributed by atoms with van der Waals surface area (Å²) < 4.78 is 5.08. The molecule has 0 bridgehead atoms. The van der Waals surface area contributed by atoms with Crippen LogP contribution in [0.25, 0.3) is 10.8 Å². The molecule has 0 saturated carbocycles. The monoisotopic (exact) mass is 293 g/mol. The summed E-state index contributed by atoms with van der Waals surface area (Å²) in [7, 11) is 0. The number of anilines is 1. The largest absolute Gasteiger partial charge is 0.463 e. The van der Waals surface area contributed by atoms with E-state index in [-0.39, 0.29) is 12.5 Å². The number of amides is 1. The molecular formula is C17H15N3O2. The molecule has 5 nitrogen and oxygen atoms in total. The Balaban J connectivity index is 1.58. The molecule has 110 valence electrons. The van der Waals surface area contributed by atoms with E-state index in [2.05, 4.69) is 15.8 Å². The molecule has 3 rings (SSSR count). The number of carbonyl (C=O) groups excluding carboxylic acids is 1. The highest BCUT2D eigenvalue weighted by molar-refractivity contribution is 5.95. The zero-order valence-electron chi connectivity index (χ0n) is 11.8. The van der Waals surface area contributed by atoms with Gasteiger partial charge in [0.05, 0.1) is 19.0 Å². The summed E-state index contributed by atoms with van der Waals surface area (Å²) >= 11 is 0. The van der Waals surface area contributed by atoms with Gasteiger partial charge in [-0.05, 0) is 23.6 Å². The number of nitrogens with one attached hydrogen (secondary N) is 2. The normalized spacial score (nSPS) is 10.9. The number of hydrazone groups is 1. The number of nitrogens with zero attached hydrogens (tertiary/aromatic N) is 1. The first-order chi connectivity index (χ1) is 10.8. The number of hydrogen-bond donors (Lipinski definition) is 2. The predicted molar refractivity (Wildman–Crippen MR) is 86.9 cm³/mol. The van der Waals surface area contributed by atoms with Crippen LogP contribution in [0.2, 0.25) is 0 Å². The lowest BCUT2D eigenvalue weighted by Gasteiger charge is -2.08. The molecule has 3 aromatic rings. The van der Waals surface area contributed by atoms with Gasteiger partial charge in [0.1, 0.15) is 5.76 Å². The fourth-order valence-electron chi connectivity index (χ4n) is 2.13. The number of fused-ring (bicyclic) bond motifs is 1. The van der Waals surface area contributed by atoms with E-state index in [0.29, 0.717) is 5.76 Å². The minimum absolute atomic E-state index is 0.142. The van der Waals surface area contributed by atoms with Crippen LogP contribution in [0.5, 0.6) is 0 Å². The van der Waals surface area contributed by atoms with Gasteiger partial charge in [0.25, 0.3) is 5.91 Å². The fourth-order valence-corrected chi connectivity index (χ4v) is 2.13. The summed E-state index contributed by atoms with van der Waals surface area (Å²) in [5.41, 5.74) is 3.37. The molecule has 0 fully saturated rings. The van der Waals surface area contributed by atoms with Crippen molar-refractivity contribution in [2.24, 2.45) is 5.10 Å². The zero-order chi connectivity index (χ0) is 15.2. The fraction of sp³-hybridized carbons (Fsp3) is 0.0588. The van der Waals surface area contributed by atoms with Gasteiger partial charge >= 0.3 is 0 Å². The van der Waals surface area contributed by atoms with Gasteiger partial charge in [0.15, 0.2) is 0 Å². The van der Waals surface area contributed by atoms with Crippen molar-refractivity contribution in [2.45, 2.75) is 0 Å². The molecule has 2 aromatic carbocycles. The standard InChI is InChI=1S/C17H15N3O2/c21-17(20-19-11-14-7-4-10-22-14)12-18-16-9-3-6-13-5-1-2-8-15(13)16/h1-11,18H,12H2,(H,20,21)/b19-11-. The summed E-state index contributed by atoms with van der Waals surface area (Å²) in [6, 6.07) is 17.5. The average molecular weight is 293 g/mol. The van der Waals surface area contributed by atoms with Crippen LogP contribution in [0, 0.1) is 0 Å². The van der Waals surface area contributed by atoms with E-state index in [1.807, 2.05) is 42.5 Å². The van der Waals surface area contributed by atoms with Crippen LogP contribution >= 0.6 is 0 Å². The zero-order valence-corrected chi connectivity index (χ0v) is 11.8. The minimum Gasteiger partial charge on any atom is -0.463 e. The van der Waals surface area contributed by atoms with E-state index < -0.39 is 0 Å². The third-order valence-electron chi connectivity index (χ3n) is 3.15. The molecule has 2 N–H and O–H groups in total. The summed E-state index contributed by atoms with van der Waals surface area (Å²) in [4.78, 5) is 11.8. The van der Waals surface area contributed by atoms with Gasteiger partial charge < -0.3 is 9.73 Å². The third kappa shape index (κ3) is 3.32. The lowest BCUT2D eigenvalue weighted by Crippen LogP contribution is -2.25. The Morgan fingerprint density at radius 3 is 2.82 bits per heavy atom. The molecule has 1 aromatic heterocycles. The second kappa shape index (κ2) is 6.58. The maximum Gasteiger partial charge on any atom is 0.259 e. The van der Waals surface area contributed by atoms with Gasteiger partial charge in [-0.2, -0.15) is 5.10 Å². The van der Waals surface area contributed by atoms with Crippen molar-refractivity contribution < 1.29 is 9.21 Å². The van der Waals surface area contributed by atoms with Crippen molar-refractivity contribution in [1.29, 1.82) is 0 Å². The number of carbonyl (C=O) groups is 1. The molecule has 0 radical (unpaired) electrons. The lowest BCUT2D eigenvalue weighted by molar-refractivity contribution is -0.119. The summed E-state index contributed by atoms with van der Waals surface area (Å²) in [5.74, 6) is 0.359. The highest BCUT2D eigenvalue weighted by Gasteiger charge is 2.03. The van der Waals surface area contributed by atoms with Crippen LogP contribution < -0.4 is 10.7 Å².